The minimum atomic E-state index is -1.24. The summed E-state index contributed by atoms with van der Waals surface area (Å²) in [4.78, 5) is 48.9. The van der Waals surface area contributed by atoms with E-state index in [1.54, 1.807) is 35.6 Å². The molecule has 2 heterocycles. The Hall–Kier alpha value is -4.02. The molecule has 186 valence electrons. The second-order valence-corrected chi connectivity index (χ2v) is 9.26. The fourth-order valence-electron chi connectivity index (χ4n) is 3.73. The number of thiophene rings is 1. The van der Waals surface area contributed by atoms with Crippen molar-refractivity contribution in [2.75, 3.05) is 0 Å². The zero-order chi connectivity index (χ0) is 25.7. The highest BCUT2D eigenvalue weighted by molar-refractivity contribution is 7.13. The van der Waals surface area contributed by atoms with Crippen molar-refractivity contribution in [2.45, 2.75) is 38.0 Å². The maximum absolute atomic E-state index is 13.1. The van der Waals surface area contributed by atoms with Crippen LogP contribution in [0.15, 0.2) is 66.0 Å². The Bertz CT molecular complexity index is 1280. The summed E-state index contributed by atoms with van der Waals surface area (Å²) >= 11 is 1.65. The van der Waals surface area contributed by atoms with Gasteiger partial charge in [0.05, 0.1) is 6.04 Å². The zero-order valence-corrected chi connectivity index (χ0v) is 20.2. The van der Waals surface area contributed by atoms with E-state index in [4.69, 9.17) is 9.84 Å². The molecule has 3 aromatic rings. The second-order valence-electron chi connectivity index (χ2n) is 8.31. The highest BCUT2D eigenvalue weighted by atomic mass is 32.1. The molecule has 0 radical (unpaired) electrons. The Morgan fingerprint density at radius 1 is 1.00 bits per heavy atom. The molecule has 0 saturated carbocycles. The normalized spacial score (nSPS) is 17.0. The number of amides is 3. The molecule has 2 unspecified atom stereocenters. The van der Waals surface area contributed by atoms with Gasteiger partial charge < -0.3 is 15.2 Å². The predicted octanol–water partition coefficient (Wildman–Crippen LogP) is 2.84. The predicted molar refractivity (Wildman–Crippen MR) is 133 cm³/mol. The van der Waals surface area contributed by atoms with Gasteiger partial charge in [-0.2, -0.15) is 0 Å². The van der Waals surface area contributed by atoms with Crippen LogP contribution in [0.4, 0.5) is 0 Å². The molecule has 36 heavy (non-hydrogen) atoms. The highest BCUT2D eigenvalue weighted by Crippen LogP contribution is 2.27. The van der Waals surface area contributed by atoms with Crippen LogP contribution in [0.2, 0.25) is 0 Å². The molecule has 4 rings (SSSR count). The van der Waals surface area contributed by atoms with Crippen LogP contribution in [-0.4, -0.2) is 41.0 Å². The Labute approximate surface area is 211 Å². The number of hydrogen-bond acceptors (Lipinski definition) is 6. The Morgan fingerprint density at radius 3 is 2.53 bits per heavy atom. The van der Waals surface area contributed by atoms with Crippen molar-refractivity contribution in [3.05, 3.63) is 82.7 Å². The standard InChI is InChI=1S/C26H25N3O6S/c1-15(17-7-4-8-18(14-17)20-10-5-13-36-20)27-24(31)19-9-3-2-6-16(19)11-12-21(30)28-29-25(32)22-23(35-22)26(33)34/h2-10,13-15,22-23H,11-12H2,1H3,(H,27,31)(H,28,30)(H,29,32)(H,33,34)/t15-,22?,23?/m1/s1. The average Bonchev–Trinajstić information content (AvgIpc) is 3.51. The van der Waals surface area contributed by atoms with Gasteiger partial charge >= 0.3 is 5.97 Å². The zero-order valence-electron chi connectivity index (χ0n) is 19.4. The number of benzene rings is 2. The van der Waals surface area contributed by atoms with Crippen molar-refractivity contribution in [2.24, 2.45) is 0 Å². The number of carbonyl (C=O) groups is 4. The van der Waals surface area contributed by atoms with Gasteiger partial charge in [-0.25, -0.2) is 4.79 Å². The van der Waals surface area contributed by atoms with Crippen molar-refractivity contribution in [3.63, 3.8) is 0 Å². The van der Waals surface area contributed by atoms with Crippen LogP contribution in [0, 0.1) is 0 Å². The fourth-order valence-corrected chi connectivity index (χ4v) is 4.46. The molecule has 3 atom stereocenters. The minimum absolute atomic E-state index is 0.0108. The molecule has 3 amide bonds. The number of aryl methyl sites for hydroxylation is 1. The van der Waals surface area contributed by atoms with E-state index in [-0.39, 0.29) is 24.8 Å². The van der Waals surface area contributed by atoms with E-state index >= 15 is 0 Å². The van der Waals surface area contributed by atoms with Crippen LogP contribution in [0.5, 0.6) is 0 Å². The molecule has 0 bridgehead atoms. The SMILES string of the molecule is C[C@@H](NC(=O)c1ccccc1CCC(=O)NNC(=O)C1OC1C(=O)O)c1cccc(-c2cccs2)c1. The number of hydrazine groups is 1. The number of hydrogen-bond donors (Lipinski definition) is 4. The molecule has 9 nitrogen and oxygen atoms in total. The van der Waals surface area contributed by atoms with Crippen LogP contribution in [0.25, 0.3) is 10.4 Å². The maximum Gasteiger partial charge on any atom is 0.336 e. The second kappa shape index (κ2) is 11.1. The first-order chi connectivity index (χ1) is 17.3. The molecule has 2 aromatic carbocycles. The van der Waals surface area contributed by atoms with Gasteiger partial charge in [-0.15, -0.1) is 11.3 Å². The summed E-state index contributed by atoms with van der Waals surface area (Å²) < 4.78 is 4.73. The highest BCUT2D eigenvalue weighted by Gasteiger charge is 2.50. The van der Waals surface area contributed by atoms with Crippen molar-refractivity contribution >= 4 is 35.0 Å². The molecule has 1 saturated heterocycles. The monoisotopic (exact) mass is 507 g/mol. The van der Waals surface area contributed by atoms with Crippen molar-refractivity contribution in [3.8, 4) is 10.4 Å². The van der Waals surface area contributed by atoms with E-state index in [0.29, 0.717) is 11.1 Å². The lowest BCUT2D eigenvalue weighted by Gasteiger charge is -2.17. The van der Waals surface area contributed by atoms with Gasteiger partial charge in [-0.05, 0) is 53.6 Å². The van der Waals surface area contributed by atoms with Gasteiger partial charge in [0.2, 0.25) is 5.91 Å². The molecule has 1 aromatic heterocycles. The third kappa shape index (κ3) is 6.15. The largest absolute Gasteiger partial charge is 0.479 e. The van der Waals surface area contributed by atoms with Gasteiger partial charge in [0, 0.05) is 16.9 Å². The van der Waals surface area contributed by atoms with Crippen LogP contribution < -0.4 is 16.2 Å². The third-order valence-corrected chi connectivity index (χ3v) is 6.66. The number of nitrogens with one attached hydrogen (secondary N) is 3. The van der Waals surface area contributed by atoms with Gasteiger partial charge in [-0.3, -0.25) is 25.2 Å². The summed E-state index contributed by atoms with van der Waals surface area (Å²) in [6, 6.07) is 18.9. The van der Waals surface area contributed by atoms with Gasteiger partial charge in [0.15, 0.2) is 12.2 Å². The lowest BCUT2D eigenvalue weighted by atomic mass is 10.0. The summed E-state index contributed by atoms with van der Waals surface area (Å²) in [6.07, 6.45) is -2.02. The van der Waals surface area contributed by atoms with E-state index < -0.39 is 30.0 Å². The topological polar surface area (TPSA) is 137 Å². The van der Waals surface area contributed by atoms with E-state index in [1.807, 2.05) is 36.6 Å². The van der Waals surface area contributed by atoms with Crippen molar-refractivity contribution in [1.29, 1.82) is 0 Å². The van der Waals surface area contributed by atoms with Crippen LogP contribution in [-0.2, 0) is 25.5 Å². The third-order valence-electron chi connectivity index (χ3n) is 5.74. The number of carboxylic acids is 1. The summed E-state index contributed by atoms with van der Waals surface area (Å²) in [7, 11) is 0. The molecule has 0 aliphatic carbocycles. The van der Waals surface area contributed by atoms with Crippen LogP contribution in [0.1, 0.15) is 40.9 Å². The van der Waals surface area contributed by atoms with E-state index in [1.165, 1.54) is 0 Å². The number of carboxylic acid groups (broad SMARTS) is 1. The molecule has 1 aliphatic heterocycles. The Balaban J connectivity index is 1.32. The molecule has 4 N–H and O–H groups in total. The molecule has 0 spiro atoms. The minimum Gasteiger partial charge on any atom is -0.479 e. The van der Waals surface area contributed by atoms with Crippen molar-refractivity contribution < 1.29 is 29.0 Å². The quantitative estimate of drug-likeness (QED) is 0.260. The van der Waals surface area contributed by atoms with Crippen LogP contribution >= 0.6 is 11.3 Å². The van der Waals surface area contributed by atoms with E-state index in [2.05, 4.69) is 28.3 Å². The molecular formula is C26H25N3O6S. The van der Waals surface area contributed by atoms with E-state index in [9.17, 15) is 19.2 Å². The Kier molecular flexibility index (Phi) is 7.77. The Morgan fingerprint density at radius 2 is 1.81 bits per heavy atom. The lowest BCUT2D eigenvalue weighted by Crippen LogP contribution is -2.44. The molecular weight excluding hydrogens is 482 g/mol. The number of aliphatic carboxylic acids is 1. The summed E-state index contributed by atoms with van der Waals surface area (Å²) in [6.45, 7) is 1.92. The molecule has 1 fully saturated rings. The lowest BCUT2D eigenvalue weighted by molar-refractivity contribution is -0.138. The van der Waals surface area contributed by atoms with Crippen LogP contribution in [0.3, 0.4) is 0 Å². The first-order valence-corrected chi connectivity index (χ1v) is 12.2. The maximum atomic E-state index is 13.1. The summed E-state index contributed by atoms with van der Waals surface area (Å²) in [5, 5.41) is 13.8. The average molecular weight is 508 g/mol. The molecule has 1 aliphatic rings. The summed E-state index contributed by atoms with van der Waals surface area (Å²) in [5.74, 6) is -2.70. The number of rotatable bonds is 9. The van der Waals surface area contributed by atoms with Gasteiger partial charge in [0.1, 0.15) is 0 Å². The fraction of sp³-hybridized carbons (Fsp3) is 0.231. The summed E-state index contributed by atoms with van der Waals surface area (Å²) in [5.41, 5.74) is 7.62. The van der Waals surface area contributed by atoms with Crippen molar-refractivity contribution in [1.82, 2.24) is 16.2 Å². The van der Waals surface area contributed by atoms with Gasteiger partial charge in [-0.1, -0.05) is 42.5 Å². The number of carbonyl (C=O) groups excluding carboxylic acids is 3. The molecule has 10 heteroatoms. The number of ether oxygens (including phenoxy) is 1. The van der Waals surface area contributed by atoms with Gasteiger partial charge in [0.25, 0.3) is 11.8 Å². The first-order valence-electron chi connectivity index (χ1n) is 11.3. The first kappa shape index (κ1) is 25.1. The number of epoxide rings is 1. The smallest absolute Gasteiger partial charge is 0.336 e. The van der Waals surface area contributed by atoms with E-state index in [0.717, 1.165) is 16.0 Å².